The molecule has 3 aromatic rings. The number of carbonyl (C=O) groups is 1. The number of amides is 1. The van der Waals surface area contributed by atoms with Crippen molar-refractivity contribution in [1.82, 2.24) is 19.4 Å². The largest absolute Gasteiger partial charge is 0.368 e. The summed E-state index contributed by atoms with van der Waals surface area (Å²) in [4.78, 5) is 24.9. The number of anilines is 1. The minimum atomic E-state index is 0.246. The Labute approximate surface area is 201 Å². The molecule has 34 heavy (non-hydrogen) atoms. The third kappa shape index (κ3) is 4.11. The van der Waals surface area contributed by atoms with Gasteiger partial charge in [0.15, 0.2) is 0 Å². The van der Waals surface area contributed by atoms with Crippen LogP contribution in [0.25, 0.3) is 5.82 Å². The number of rotatable bonds is 5. The van der Waals surface area contributed by atoms with Crippen LogP contribution in [0.3, 0.4) is 0 Å². The van der Waals surface area contributed by atoms with Crippen molar-refractivity contribution in [3.8, 4) is 5.82 Å². The first-order chi connectivity index (χ1) is 16.7. The SMILES string of the molecule is O=C(C1CC12CCN(Cc1cccn1-c1ccccn1)CC2)N1CCN(c2ccccc2)CC1. The maximum atomic E-state index is 13.3. The summed E-state index contributed by atoms with van der Waals surface area (Å²) in [5.41, 5.74) is 2.79. The summed E-state index contributed by atoms with van der Waals surface area (Å²) < 4.78 is 2.18. The zero-order chi connectivity index (χ0) is 23.0. The van der Waals surface area contributed by atoms with Crippen LogP contribution >= 0.6 is 0 Å². The molecule has 1 aromatic carbocycles. The van der Waals surface area contributed by atoms with E-state index in [1.54, 1.807) is 0 Å². The zero-order valence-corrected chi connectivity index (χ0v) is 19.7. The van der Waals surface area contributed by atoms with Crippen molar-refractivity contribution in [1.29, 1.82) is 0 Å². The molecule has 6 nitrogen and oxygen atoms in total. The van der Waals surface area contributed by atoms with E-state index in [0.717, 1.165) is 70.9 Å². The lowest BCUT2D eigenvalue weighted by molar-refractivity contribution is -0.134. The number of piperazine rings is 1. The molecule has 1 saturated carbocycles. The van der Waals surface area contributed by atoms with Crippen LogP contribution in [0.1, 0.15) is 25.0 Å². The Morgan fingerprint density at radius 2 is 1.65 bits per heavy atom. The molecule has 1 spiro atoms. The summed E-state index contributed by atoms with van der Waals surface area (Å²) in [6, 6.07) is 20.9. The average Bonchev–Trinajstić information content (AvgIpc) is 3.40. The first-order valence-electron chi connectivity index (χ1n) is 12.6. The Bertz CT molecular complexity index is 1110. The fourth-order valence-electron chi connectivity index (χ4n) is 5.94. The van der Waals surface area contributed by atoms with Gasteiger partial charge in [-0.15, -0.1) is 0 Å². The van der Waals surface area contributed by atoms with Crippen molar-refractivity contribution in [3.05, 3.63) is 78.8 Å². The van der Waals surface area contributed by atoms with E-state index >= 15 is 0 Å². The third-order valence-electron chi connectivity index (χ3n) is 8.17. The highest BCUT2D eigenvalue weighted by atomic mass is 16.2. The number of hydrogen-bond donors (Lipinski definition) is 0. The van der Waals surface area contributed by atoms with Gasteiger partial charge in [0, 0.05) is 62.4 Å². The second-order valence-electron chi connectivity index (χ2n) is 10.1. The molecule has 2 aromatic heterocycles. The van der Waals surface area contributed by atoms with Crippen LogP contribution in [0, 0.1) is 11.3 Å². The fraction of sp³-hybridized carbons (Fsp3) is 0.429. The number of para-hydroxylation sites is 1. The Morgan fingerprint density at radius 1 is 0.882 bits per heavy atom. The summed E-state index contributed by atoms with van der Waals surface area (Å²) in [5, 5.41) is 0. The Balaban J connectivity index is 1.01. The second-order valence-corrected chi connectivity index (χ2v) is 10.1. The van der Waals surface area contributed by atoms with Crippen molar-refractivity contribution >= 4 is 11.6 Å². The molecule has 1 atom stereocenters. The lowest BCUT2D eigenvalue weighted by atomic mass is 9.90. The standard InChI is InChI=1S/C28H33N5O/c34-27(32-19-17-31(18-20-32)23-7-2-1-3-8-23)25-21-28(25)11-15-30(16-12-28)22-24-9-6-14-33(24)26-10-4-5-13-29-26/h1-10,13-14,25H,11-12,15-22H2. The highest BCUT2D eigenvalue weighted by Crippen LogP contribution is 2.60. The van der Waals surface area contributed by atoms with Crippen molar-refractivity contribution < 1.29 is 4.79 Å². The van der Waals surface area contributed by atoms with Crippen LogP contribution in [0.15, 0.2) is 73.1 Å². The van der Waals surface area contributed by atoms with Crippen LogP contribution in [-0.2, 0) is 11.3 Å². The average molecular weight is 456 g/mol. The van der Waals surface area contributed by atoms with Crippen molar-refractivity contribution in [2.75, 3.05) is 44.2 Å². The van der Waals surface area contributed by atoms with Gasteiger partial charge in [-0.1, -0.05) is 24.3 Å². The lowest BCUT2D eigenvalue weighted by Gasteiger charge is -2.37. The van der Waals surface area contributed by atoms with Crippen LogP contribution in [0.4, 0.5) is 5.69 Å². The molecule has 0 bridgehead atoms. The molecule has 6 heteroatoms. The van der Waals surface area contributed by atoms with Gasteiger partial charge in [-0.05, 0) is 74.2 Å². The van der Waals surface area contributed by atoms with E-state index in [2.05, 4.69) is 79.0 Å². The van der Waals surface area contributed by atoms with Gasteiger partial charge >= 0.3 is 0 Å². The minimum absolute atomic E-state index is 0.246. The molecular formula is C28H33N5O. The van der Waals surface area contributed by atoms with Gasteiger partial charge in [-0.3, -0.25) is 9.69 Å². The van der Waals surface area contributed by atoms with Gasteiger partial charge in [0.1, 0.15) is 5.82 Å². The minimum Gasteiger partial charge on any atom is -0.368 e. The molecule has 2 aliphatic heterocycles. The predicted octanol–water partition coefficient (Wildman–Crippen LogP) is 3.82. The van der Waals surface area contributed by atoms with Gasteiger partial charge in [-0.25, -0.2) is 4.98 Å². The number of aromatic nitrogens is 2. The zero-order valence-electron chi connectivity index (χ0n) is 19.7. The van der Waals surface area contributed by atoms with E-state index in [0.29, 0.717) is 5.91 Å². The number of carbonyl (C=O) groups excluding carboxylic acids is 1. The van der Waals surface area contributed by atoms with E-state index in [1.165, 1.54) is 11.4 Å². The Kier molecular flexibility index (Phi) is 5.61. The van der Waals surface area contributed by atoms with Gasteiger partial charge in [-0.2, -0.15) is 0 Å². The third-order valence-corrected chi connectivity index (χ3v) is 8.17. The molecule has 1 amide bonds. The Morgan fingerprint density at radius 3 is 2.38 bits per heavy atom. The monoisotopic (exact) mass is 455 g/mol. The first kappa shape index (κ1) is 21.4. The summed E-state index contributed by atoms with van der Waals surface area (Å²) in [6.07, 6.45) is 7.30. The predicted molar refractivity (Wildman–Crippen MR) is 134 cm³/mol. The number of piperidine rings is 1. The number of nitrogens with zero attached hydrogens (tertiary/aromatic N) is 5. The maximum absolute atomic E-state index is 13.3. The molecule has 4 heterocycles. The lowest BCUT2D eigenvalue weighted by Crippen LogP contribution is -2.50. The van der Waals surface area contributed by atoms with E-state index < -0.39 is 0 Å². The van der Waals surface area contributed by atoms with Crippen LogP contribution in [-0.4, -0.2) is 64.5 Å². The van der Waals surface area contributed by atoms with Crippen LogP contribution in [0.5, 0.6) is 0 Å². The first-order valence-corrected chi connectivity index (χ1v) is 12.6. The highest BCUT2D eigenvalue weighted by molar-refractivity contribution is 5.83. The van der Waals surface area contributed by atoms with Gasteiger partial charge < -0.3 is 14.4 Å². The molecule has 1 aliphatic carbocycles. The summed E-state index contributed by atoms with van der Waals surface area (Å²) >= 11 is 0. The molecule has 176 valence electrons. The maximum Gasteiger partial charge on any atom is 0.226 e. The molecule has 3 fully saturated rings. The molecule has 6 rings (SSSR count). The summed E-state index contributed by atoms with van der Waals surface area (Å²) in [5.74, 6) is 1.62. The summed E-state index contributed by atoms with van der Waals surface area (Å²) in [6.45, 7) is 6.61. The normalized spacial score (nSPS) is 22.2. The smallest absolute Gasteiger partial charge is 0.226 e. The molecule has 0 radical (unpaired) electrons. The number of likely N-dealkylation sites (tertiary alicyclic amines) is 1. The number of pyridine rings is 1. The Hall–Kier alpha value is -3.12. The quantitative estimate of drug-likeness (QED) is 0.587. The molecular weight excluding hydrogens is 422 g/mol. The molecule has 3 aliphatic rings. The van der Waals surface area contributed by atoms with Crippen molar-refractivity contribution in [2.24, 2.45) is 11.3 Å². The van der Waals surface area contributed by atoms with Crippen molar-refractivity contribution in [3.63, 3.8) is 0 Å². The van der Waals surface area contributed by atoms with Crippen LogP contribution in [0.2, 0.25) is 0 Å². The highest BCUT2D eigenvalue weighted by Gasteiger charge is 2.59. The molecule has 2 saturated heterocycles. The summed E-state index contributed by atoms with van der Waals surface area (Å²) in [7, 11) is 0. The van der Waals surface area contributed by atoms with E-state index in [9.17, 15) is 4.79 Å². The molecule has 0 N–H and O–H groups in total. The topological polar surface area (TPSA) is 44.6 Å². The van der Waals surface area contributed by atoms with Gasteiger partial charge in [0.2, 0.25) is 5.91 Å². The second kappa shape index (κ2) is 8.91. The van der Waals surface area contributed by atoms with Crippen molar-refractivity contribution in [2.45, 2.75) is 25.8 Å². The van der Waals surface area contributed by atoms with Crippen LogP contribution < -0.4 is 4.90 Å². The van der Waals surface area contributed by atoms with E-state index in [4.69, 9.17) is 0 Å². The molecule has 1 unspecified atom stereocenters. The van der Waals surface area contributed by atoms with Gasteiger partial charge in [0.25, 0.3) is 0 Å². The van der Waals surface area contributed by atoms with Gasteiger partial charge in [0.05, 0.1) is 0 Å². The van der Waals surface area contributed by atoms with E-state index in [-0.39, 0.29) is 11.3 Å². The fourth-order valence-corrected chi connectivity index (χ4v) is 5.94. The number of hydrogen-bond acceptors (Lipinski definition) is 4. The number of benzene rings is 1. The van der Waals surface area contributed by atoms with E-state index in [1.807, 2.05) is 18.3 Å².